The highest BCUT2D eigenvalue weighted by molar-refractivity contribution is 5.96. The summed E-state index contributed by atoms with van der Waals surface area (Å²) in [5.41, 5.74) is 6.10. The third-order valence-corrected chi connectivity index (χ3v) is 3.82. The lowest BCUT2D eigenvalue weighted by molar-refractivity contribution is 0.0831. The zero-order valence-electron chi connectivity index (χ0n) is 11.3. The van der Waals surface area contributed by atoms with Crippen molar-refractivity contribution >= 4 is 5.78 Å². The molecule has 1 aromatic heterocycles. The summed E-state index contributed by atoms with van der Waals surface area (Å²) < 4.78 is 1.89. The van der Waals surface area contributed by atoms with Crippen LogP contribution >= 0.6 is 0 Å². The van der Waals surface area contributed by atoms with Crippen molar-refractivity contribution in [3.05, 3.63) is 18.2 Å². The van der Waals surface area contributed by atoms with Gasteiger partial charge in [0.15, 0.2) is 5.78 Å². The molecule has 18 heavy (non-hydrogen) atoms. The molecule has 2 rings (SSSR count). The first kappa shape index (κ1) is 13.3. The highest BCUT2D eigenvalue weighted by Gasteiger charge is 2.30. The average Bonchev–Trinajstić information content (AvgIpc) is 2.76. The van der Waals surface area contributed by atoms with Crippen LogP contribution in [0.15, 0.2) is 12.5 Å². The van der Waals surface area contributed by atoms with Gasteiger partial charge in [0.2, 0.25) is 0 Å². The van der Waals surface area contributed by atoms with Crippen LogP contribution in [0.3, 0.4) is 0 Å². The zero-order valence-corrected chi connectivity index (χ0v) is 11.3. The van der Waals surface area contributed by atoms with Crippen LogP contribution in [0.25, 0.3) is 0 Å². The lowest BCUT2D eigenvalue weighted by Gasteiger charge is -2.30. The van der Waals surface area contributed by atoms with Crippen molar-refractivity contribution < 1.29 is 4.79 Å². The Morgan fingerprint density at radius 2 is 2.06 bits per heavy atom. The number of imidazole rings is 1. The Morgan fingerprint density at radius 1 is 1.39 bits per heavy atom. The van der Waals surface area contributed by atoms with Gasteiger partial charge in [0.05, 0.1) is 6.33 Å². The van der Waals surface area contributed by atoms with Crippen LogP contribution in [0.2, 0.25) is 0 Å². The SMILES string of the molecule is CC1CC(C)CC(C(=O)c2cn(CCN)cn2)C1. The maximum absolute atomic E-state index is 12.4. The number of carbonyl (C=O) groups is 1. The summed E-state index contributed by atoms with van der Waals surface area (Å²) in [5.74, 6) is 1.66. The smallest absolute Gasteiger partial charge is 0.185 e. The summed E-state index contributed by atoms with van der Waals surface area (Å²) in [6.07, 6.45) is 6.79. The third kappa shape index (κ3) is 2.99. The van der Waals surface area contributed by atoms with E-state index < -0.39 is 0 Å². The van der Waals surface area contributed by atoms with Gasteiger partial charge in [-0.05, 0) is 31.1 Å². The molecule has 1 saturated carbocycles. The van der Waals surface area contributed by atoms with Crippen LogP contribution in [0.5, 0.6) is 0 Å². The van der Waals surface area contributed by atoms with Gasteiger partial charge in [-0.15, -0.1) is 0 Å². The summed E-state index contributed by atoms with van der Waals surface area (Å²) in [6, 6.07) is 0. The summed E-state index contributed by atoms with van der Waals surface area (Å²) >= 11 is 0. The second-order valence-corrected chi connectivity index (χ2v) is 5.76. The minimum absolute atomic E-state index is 0.157. The molecule has 1 heterocycles. The van der Waals surface area contributed by atoms with Gasteiger partial charge < -0.3 is 10.3 Å². The fourth-order valence-corrected chi connectivity index (χ4v) is 3.13. The maximum atomic E-state index is 12.4. The van der Waals surface area contributed by atoms with Gasteiger partial charge in [-0.25, -0.2) is 4.98 Å². The molecule has 2 unspecified atom stereocenters. The Bertz CT molecular complexity index is 403. The Balaban J connectivity index is 2.05. The van der Waals surface area contributed by atoms with E-state index in [0.717, 1.165) is 19.4 Å². The second kappa shape index (κ2) is 5.65. The second-order valence-electron chi connectivity index (χ2n) is 5.76. The van der Waals surface area contributed by atoms with E-state index in [1.54, 1.807) is 6.33 Å². The highest BCUT2D eigenvalue weighted by atomic mass is 16.1. The van der Waals surface area contributed by atoms with Gasteiger partial charge in [-0.3, -0.25) is 4.79 Å². The lowest BCUT2D eigenvalue weighted by Crippen LogP contribution is -2.26. The Hall–Kier alpha value is -1.16. The predicted octanol–water partition coefficient (Wildman–Crippen LogP) is 2.10. The minimum Gasteiger partial charge on any atom is -0.335 e. The van der Waals surface area contributed by atoms with Gasteiger partial charge in [0.25, 0.3) is 0 Å². The molecule has 0 bridgehead atoms. The van der Waals surface area contributed by atoms with Gasteiger partial charge in [0, 0.05) is 25.2 Å². The van der Waals surface area contributed by atoms with Crippen LogP contribution in [-0.2, 0) is 6.54 Å². The number of carbonyl (C=O) groups excluding carboxylic acids is 1. The molecule has 4 nitrogen and oxygen atoms in total. The molecule has 1 fully saturated rings. The molecule has 2 N–H and O–H groups in total. The molecule has 1 aliphatic carbocycles. The van der Waals surface area contributed by atoms with Crippen LogP contribution in [0.4, 0.5) is 0 Å². The van der Waals surface area contributed by atoms with Gasteiger partial charge in [0.1, 0.15) is 5.69 Å². The fourth-order valence-electron chi connectivity index (χ4n) is 3.13. The normalized spacial score (nSPS) is 28.3. The maximum Gasteiger partial charge on any atom is 0.185 e. The van der Waals surface area contributed by atoms with E-state index >= 15 is 0 Å². The summed E-state index contributed by atoms with van der Waals surface area (Å²) in [7, 11) is 0. The molecule has 4 heteroatoms. The number of hydrogen-bond acceptors (Lipinski definition) is 3. The molecule has 0 aliphatic heterocycles. The van der Waals surface area contributed by atoms with Gasteiger partial charge >= 0.3 is 0 Å². The molecule has 0 amide bonds. The molecule has 0 saturated heterocycles. The van der Waals surface area contributed by atoms with Crippen LogP contribution < -0.4 is 5.73 Å². The first-order valence-corrected chi connectivity index (χ1v) is 6.86. The minimum atomic E-state index is 0.157. The number of rotatable bonds is 4. The average molecular weight is 249 g/mol. The van der Waals surface area contributed by atoms with Crippen molar-refractivity contribution in [1.82, 2.24) is 9.55 Å². The van der Waals surface area contributed by atoms with Crippen molar-refractivity contribution in [1.29, 1.82) is 0 Å². The van der Waals surface area contributed by atoms with Gasteiger partial charge in [-0.1, -0.05) is 13.8 Å². The van der Waals surface area contributed by atoms with Crippen LogP contribution in [0.1, 0.15) is 43.6 Å². The molecule has 100 valence electrons. The topological polar surface area (TPSA) is 60.9 Å². The molecule has 0 radical (unpaired) electrons. The van der Waals surface area contributed by atoms with Crippen molar-refractivity contribution in [3.63, 3.8) is 0 Å². The molecular weight excluding hydrogens is 226 g/mol. The Morgan fingerprint density at radius 3 is 2.67 bits per heavy atom. The monoisotopic (exact) mass is 249 g/mol. The fraction of sp³-hybridized carbons (Fsp3) is 0.714. The van der Waals surface area contributed by atoms with Crippen molar-refractivity contribution in [2.45, 2.75) is 39.7 Å². The number of nitrogens with two attached hydrogens (primary N) is 1. The van der Waals surface area contributed by atoms with E-state index in [-0.39, 0.29) is 11.7 Å². The summed E-state index contributed by atoms with van der Waals surface area (Å²) in [5, 5.41) is 0. The van der Waals surface area contributed by atoms with E-state index in [9.17, 15) is 4.79 Å². The van der Waals surface area contributed by atoms with Crippen LogP contribution in [-0.4, -0.2) is 21.9 Å². The molecule has 1 aliphatic rings. The number of ketones is 1. The van der Waals surface area contributed by atoms with Crippen molar-refractivity contribution in [2.24, 2.45) is 23.5 Å². The molecular formula is C14H23N3O. The van der Waals surface area contributed by atoms with Crippen molar-refractivity contribution in [3.8, 4) is 0 Å². The first-order valence-electron chi connectivity index (χ1n) is 6.86. The molecule has 0 aromatic carbocycles. The lowest BCUT2D eigenvalue weighted by atomic mass is 9.74. The standard InChI is InChI=1S/C14H23N3O/c1-10-5-11(2)7-12(6-10)14(18)13-8-17(4-3-15)9-16-13/h8-12H,3-7,15H2,1-2H3. The number of hydrogen-bond donors (Lipinski definition) is 1. The highest BCUT2D eigenvalue weighted by Crippen LogP contribution is 2.34. The van der Waals surface area contributed by atoms with E-state index in [4.69, 9.17) is 5.73 Å². The quantitative estimate of drug-likeness (QED) is 0.831. The largest absolute Gasteiger partial charge is 0.335 e. The van der Waals surface area contributed by atoms with Crippen molar-refractivity contribution in [2.75, 3.05) is 6.54 Å². The zero-order chi connectivity index (χ0) is 13.1. The number of aromatic nitrogens is 2. The summed E-state index contributed by atoms with van der Waals surface area (Å²) in [6.45, 7) is 5.77. The molecule has 2 atom stereocenters. The Kier molecular flexibility index (Phi) is 4.17. The molecule has 1 aromatic rings. The van der Waals surface area contributed by atoms with Crippen LogP contribution in [0, 0.1) is 17.8 Å². The predicted molar refractivity (Wildman–Crippen MR) is 71.3 cm³/mol. The third-order valence-electron chi connectivity index (χ3n) is 3.82. The van der Waals surface area contributed by atoms with E-state index in [2.05, 4.69) is 18.8 Å². The number of Topliss-reactive ketones (excluding diaryl/α,β-unsaturated/α-hetero) is 1. The first-order chi connectivity index (χ1) is 8.60. The Labute approximate surface area is 109 Å². The summed E-state index contributed by atoms with van der Waals surface area (Å²) in [4.78, 5) is 16.6. The number of nitrogens with zero attached hydrogens (tertiary/aromatic N) is 2. The van der Waals surface area contributed by atoms with Gasteiger partial charge in [-0.2, -0.15) is 0 Å². The van der Waals surface area contributed by atoms with E-state index in [0.29, 0.717) is 24.1 Å². The van der Waals surface area contributed by atoms with E-state index in [1.165, 1.54) is 6.42 Å². The van der Waals surface area contributed by atoms with E-state index in [1.807, 2.05) is 10.8 Å². The molecule has 0 spiro atoms.